The fourth-order valence-corrected chi connectivity index (χ4v) is 1.87. The summed E-state index contributed by atoms with van der Waals surface area (Å²) in [6.45, 7) is 6.02. The summed E-state index contributed by atoms with van der Waals surface area (Å²) in [5, 5.41) is 14.5. The molecular formula is C15H22N2O4. The second-order valence-corrected chi connectivity index (χ2v) is 4.90. The standard InChI is InChI=1S/C15H22N2O4/c1-4-21-11(2)10-16-14(20)17-15(3,13(18)19)12-8-6-5-7-9-12/h5-9,11H,4,10H2,1-3H3,(H,18,19)(H2,16,17,20). The number of carbonyl (C=O) groups is 2. The molecular weight excluding hydrogens is 272 g/mol. The van der Waals surface area contributed by atoms with E-state index < -0.39 is 17.5 Å². The molecule has 1 aromatic rings. The normalized spacial score (nSPS) is 14.8. The van der Waals surface area contributed by atoms with E-state index in [1.807, 2.05) is 13.8 Å². The third kappa shape index (κ3) is 4.75. The molecule has 0 heterocycles. The van der Waals surface area contributed by atoms with Gasteiger partial charge in [0.05, 0.1) is 6.10 Å². The summed E-state index contributed by atoms with van der Waals surface area (Å²) in [4.78, 5) is 23.4. The summed E-state index contributed by atoms with van der Waals surface area (Å²) in [7, 11) is 0. The average molecular weight is 294 g/mol. The summed E-state index contributed by atoms with van der Waals surface area (Å²) in [6.07, 6.45) is -0.131. The van der Waals surface area contributed by atoms with E-state index in [0.29, 0.717) is 18.7 Å². The van der Waals surface area contributed by atoms with Gasteiger partial charge in [-0.1, -0.05) is 30.3 Å². The predicted octanol–water partition coefficient (Wildman–Crippen LogP) is 1.71. The number of hydrogen-bond acceptors (Lipinski definition) is 3. The maximum atomic E-state index is 11.9. The van der Waals surface area contributed by atoms with E-state index in [-0.39, 0.29) is 6.10 Å². The lowest BCUT2D eigenvalue weighted by Gasteiger charge is -2.27. The number of ether oxygens (including phenoxy) is 1. The number of benzene rings is 1. The summed E-state index contributed by atoms with van der Waals surface area (Å²) in [5.41, 5.74) is -0.981. The second-order valence-electron chi connectivity index (χ2n) is 4.90. The molecule has 0 aromatic heterocycles. The van der Waals surface area contributed by atoms with Gasteiger partial charge in [0, 0.05) is 13.2 Å². The minimum Gasteiger partial charge on any atom is -0.479 e. The summed E-state index contributed by atoms with van der Waals surface area (Å²) in [6, 6.07) is 8.03. The summed E-state index contributed by atoms with van der Waals surface area (Å²) in [5.74, 6) is -1.12. The molecule has 2 amide bonds. The number of rotatable bonds is 7. The first-order valence-corrected chi connectivity index (χ1v) is 6.86. The van der Waals surface area contributed by atoms with Crippen LogP contribution in [0.15, 0.2) is 30.3 Å². The van der Waals surface area contributed by atoms with Crippen LogP contribution in [0.25, 0.3) is 0 Å². The molecule has 0 spiro atoms. The molecule has 0 radical (unpaired) electrons. The highest BCUT2D eigenvalue weighted by molar-refractivity contribution is 5.87. The van der Waals surface area contributed by atoms with Crippen molar-refractivity contribution in [3.63, 3.8) is 0 Å². The Hall–Kier alpha value is -2.08. The maximum Gasteiger partial charge on any atom is 0.333 e. The van der Waals surface area contributed by atoms with Crippen molar-refractivity contribution in [2.24, 2.45) is 0 Å². The monoisotopic (exact) mass is 294 g/mol. The Kier molecular flexibility index (Phi) is 6.17. The zero-order chi connectivity index (χ0) is 15.9. The Morgan fingerprint density at radius 2 is 1.95 bits per heavy atom. The fraction of sp³-hybridized carbons (Fsp3) is 0.467. The zero-order valence-electron chi connectivity index (χ0n) is 12.6. The minimum absolute atomic E-state index is 0.131. The Morgan fingerprint density at radius 3 is 2.48 bits per heavy atom. The van der Waals surface area contributed by atoms with Gasteiger partial charge in [0.15, 0.2) is 5.54 Å². The molecule has 0 fully saturated rings. The van der Waals surface area contributed by atoms with Gasteiger partial charge >= 0.3 is 12.0 Å². The smallest absolute Gasteiger partial charge is 0.333 e. The lowest BCUT2D eigenvalue weighted by atomic mass is 9.92. The third-order valence-corrected chi connectivity index (χ3v) is 3.14. The predicted molar refractivity (Wildman–Crippen MR) is 79.1 cm³/mol. The molecule has 1 aromatic carbocycles. The van der Waals surface area contributed by atoms with E-state index in [0.717, 1.165) is 0 Å². The first kappa shape index (κ1) is 17.0. The SMILES string of the molecule is CCOC(C)CNC(=O)NC(C)(C(=O)O)c1ccccc1. The van der Waals surface area contributed by atoms with Crippen LogP contribution in [0.1, 0.15) is 26.3 Å². The molecule has 0 saturated carbocycles. The first-order valence-electron chi connectivity index (χ1n) is 6.86. The molecule has 0 saturated heterocycles. The quantitative estimate of drug-likeness (QED) is 0.714. The third-order valence-electron chi connectivity index (χ3n) is 3.14. The van der Waals surface area contributed by atoms with Crippen molar-refractivity contribution < 1.29 is 19.4 Å². The van der Waals surface area contributed by atoms with Gasteiger partial charge in [-0.2, -0.15) is 0 Å². The Morgan fingerprint density at radius 1 is 1.33 bits per heavy atom. The lowest BCUT2D eigenvalue weighted by molar-refractivity contribution is -0.144. The van der Waals surface area contributed by atoms with Crippen LogP contribution in [0, 0.1) is 0 Å². The van der Waals surface area contributed by atoms with Crippen molar-refractivity contribution in [3.05, 3.63) is 35.9 Å². The van der Waals surface area contributed by atoms with Gasteiger partial charge in [-0.25, -0.2) is 9.59 Å². The van der Waals surface area contributed by atoms with Crippen LogP contribution < -0.4 is 10.6 Å². The number of aliphatic carboxylic acids is 1. The van der Waals surface area contributed by atoms with Crippen LogP contribution >= 0.6 is 0 Å². The van der Waals surface area contributed by atoms with Gasteiger partial charge < -0.3 is 20.5 Å². The van der Waals surface area contributed by atoms with Gasteiger partial charge in [0.25, 0.3) is 0 Å². The topological polar surface area (TPSA) is 87.7 Å². The van der Waals surface area contributed by atoms with Crippen molar-refractivity contribution in [2.75, 3.05) is 13.2 Å². The minimum atomic E-state index is -1.49. The summed E-state index contributed by atoms with van der Waals surface area (Å²) < 4.78 is 5.30. The van der Waals surface area contributed by atoms with Crippen LogP contribution in [0.2, 0.25) is 0 Å². The lowest BCUT2D eigenvalue weighted by Crippen LogP contribution is -2.53. The first-order chi connectivity index (χ1) is 9.90. The van der Waals surface area contributed by atoms with E-state index in [2.05, 4.69) is 10.6 Å². The Balaban J connectivity index is 2.71. The van der Waals surface area contributed by atoms with E-state index in [4.69, 9.17) is 4.74 Å². The van der Waals surface area contributed by atoms with Gasteiger partial charge in [-0.3, -0.25) is 0 Å². The second kappa shape index (κ2) is 7.64. The summed E-state index contributed by atoms with van der Waals surface area (Å²) >= 11 is 0. The molecule has 0 aliphatic heterocycles. The largest absolute Gasteiger partial charge is 0.479 e. The van der Waals surface area contributed by atoms with E-state index in [1.54, 1.807) is 30.3 Å². The molecule has 3 N–H and O–H groups in total. The molecule has 0 bridgehead atoms. The van der Waals surface area contributed by atoms with Gasteiger partial charge in [0.2, 0.25) is 0 Å². The number of carboxylic acids is 1. The van der Waals surface area contributed by atoms with Crippen LogP contribution in [0.4, 0.5) is 4.79 Å². The van der Waals surface area contributed by atoms with Crippen molar-refractivity contribution >= 4 is 12.0 Å². The van der Waals surface area contributed by atoms with E-state index in [9.17, 15) is 14.7 Å². The zero-order valence-corrected chi connectivity index (χ0v) is 12.6. The van der Waals surface area contributed by atoms with Crippen LogP contribution in [0.3, 0.4) is 0 Å². The van der Waals surface area contributed by atoms with Gasteiger partial charge in [-0.15, -0.1) is 0 Å². The number of amides is 2. The molecule has 21 heavy (non-hydrogen) atoms. The van der Waals surface area contributed by atoms with Crippen molar-refractivity contribution in [1.29, 1.82) is 0 Å². The number of hydrogen-bond donors (Lipinski definition) is 3. The van der Waals surface area contributed by atoms with E-state index in [1.165, 1.54) is 6.92 Å². The van der Waals surface area contributed by atoms with Crippen molar-refractivity contribution in [1.82, 2.24) is 10.6 Å². The Labute approximate surface area is 124 Å². The number of carboxylic acid groups (broad SMARTS) is 1. The molecule has 2 atom stereocenters. The van der Waals surface area contributed by atoms with Gasteiger partial charge in [0.1, 0.15) is 0 Å². The molecule has 6 nitrogen and oxygen atoms in total. The fourth-order valence-electron chi connectivity index (χ4n) is 1.87. The molecule has 0 aliphatic rings. The number of carbonyl (C=O) groups excluding carboxylic acids is 1. The number of urea groups is 1. The van der Waals surface area contributed by atoms with Crippen molar-refractivity contribution in [3.8, 4) is 0 Å². The molecule has 0 aliphatic carbocycles. The van der Waals surface area contributed by atoms with Crippen LogP contribution in [-0.2, 0) is 15.1 Å². The van der Waals surface area contributed by atoms with Crippen LogP contribution in [0.5, 0.6) is 0 Å². The Bertz CT molecular complexity index is 478. The van der Waals surface area contributed by atoms with Crippen molar-refractivity contribution in [2.45, 2.75) is 32.4 Å². The number of nitrogens with one attached hydrogen (secondary N) is 2. The molecule has 1 rings (SSSR count). The molecule has 116 valence electrons. The maximum absolute atomic E-state index is 11.9. The van der Waals surface area contributed by atoms with Gasteiger partial charge in [-0.05, 0) is 26.3 Å². The highest BCUT2D eigenvalue weighted by atomic mass is 16.5. The average Bonchev–Trinajstić information content (AvgIpc) is 2.46. The highest BCUT2D eigenvalue weighted by Gasteiger charge is 2.36. The van der Waals surface area contributed by atoms with Crippen LogP contribution in [-0.4, -0.2) is 36.4 Å². The molecule has 6 heteroatoms. The highest BCUT2D eigenvalue weighted by Crippen LogP contribution is 2.20. The molecule has 2 unspecified atom stereocenters. The van der Waals surface area contributed by atoms with E-state index >= 15 is 0 Å².